The van der Waals surface area contributed by atoms with Crippen molar-refractivity contribution in [2.24, 2.45) is 5.41 Å². The Balaban J connectivity index is 1.46. The molecule has 1 aliphatic carbocycles. The van der Waals surface area contributed by atoms with E-state index in [1.54, 1.807) is 28.4 Å². The first-order chi connectivity index (χ1) is 29.1. The van der Waals surface area contributed by atoms with Gasteiger partial charge in [0.05, 0.1) is 25.7 Å². The largest absolute Gasteiger partial charge is 0.497 e. The predicted molar refractivity (Wildman–Crippen MR) is 248 cm³/mol. The predicted octanol–water partition coefficient (Wildman–Crippen LogP) is 10.8. The van der Waals surface area contributed by atoms with Crippen molar-refractivity contribution in [3.05, 3.63) is 130 Å². The quantitative estimate of drug-likeness (QED) is 0.0886. The molecule has 0 amide bonds. The SMILES string of the molecule is COCCCN1/C(=C/C=C2\CCC(/C=C/C3=[N+](CCCOC)c4ccc(OC)cc4C3(C)C)=C2OC(c2cc[n+](CCCOC)cc2)C(C)(C)C)C(C)(C)c2cc(C)ccc21. The molecule has 6 rings (SSSR count). The van der Waals surface area contributed by atoms with Crippen molar-refractivity contribution < 1.29 is 32.8 Å². The molecule has 8 heteroatoms. The van der Waals surface area contributed by atoms with Gasteiger partial charge in [-0.3, -0.25) is 0 Å². The van der Waals surface area contributed by atoms with Crippen LogP contribution < -0.4 is 14.2 Å². The maximum Gasteiger partial charge on any atom is 0.210 e. The summed E-state index contributed by atoms with van der Waals surface area (Å²) in [6.45, 7) is 23.3. The van der Waals surface area contributed by atoms with E-state index in [4.69, 9.17) is 23.7 Å². The lowest BCUT2D eigenvalue weighted by molar-refractivity contribution is -0.697. The number of allylic oxidation sites excluding steroid dienone is 7. The highest BCUT2D eigenvalue weighted by Crippen LogP contribution is 2.49. The average molecular weight is 832 g/mol. The molecule has 2 aliphatic heterocycles. The van der Waals surface area contributed by atoms with E-state index in [0.717, 1.165) is 76.5 Å². The zero-order chi connectivity index (χ0) is 44.0. The molecular weight excluding hydrogens is 759 g/mol. The monoisotopic (exact) mass is 832 g/mol. The lowest BCUT2D eigenvalue weighted by Crippen LogP contribution is -2.34. The minimum atomic E-state index is -0.235. The molecule has 0 N–H and O–H groups in total. The van der Waals surface area contributed by atoms with Gasteiger partial charge in [-0.1, -0.05) is 58.4 Å². The summed E-state index contributed by atoms with van der Waals surface area (Å²) in [6.07, 6.45) is 18.2. The molecule has 0 saturated carbocycles. The third-order valence-corrected chi connectivity index (χ3v) is 12.7. The van der Waals surface area contributed by atoms with Gasteiger partial charge in [-0.25, -0.2) is 4.57 Å². The minimum absolute atomic E-state index is 0.164. The van der Waals surface area contributed by atoms with E-state index in [0.29, 0.717) is 6.61 Å². The van der Waals surface area contributed by atoms with Gasteiger partial charge in [0.2, 0.25) is 5.69 Å². The molecule has 1 atom stereocenters. The summed E-state index contributed by atoms with van der Waals surface area (Å²) in [4.78, 5) is 2.51. The van der Waals surface area contributed by atoms with Crippen LogP contribution in [0.25, 0.3) is 0 Å². The highest BCUT2D eigenvalue weighted by atomic mass is 16.5. The number of anilines is 1. The smallest absolute Gasteiger partial charge is 0.210 e. The van der Waals surface area contributed by atoms with E-state index in [2.05, 4.69) is 155 Å². The molecule has 61 heavy (non-hydrogen) atoms. The van der Waals surface area contributed by atoms with Crippen LogP contribution in [0.15, 0.2) is 108 Å². The topological polar surface area (TPSA) is 56.3 Å². The van der Waals surface area contributed by atoms with Gasteiger partial charge in [0.1, 0.15) is 17.6 Å². The highest BCUT2D eigenvalue weighted by molar-refractivity contribution is 6.03. The Hall–Kier alpha value is -4.50. The minimum Gasteiger partial charge on any atom is -0.497 e. The fourth-order valence-corrected chi connectivity index (χ4v) is 9.36. The van der Waals surface area contributed by atoms with E-state index >= 15 is 0 Å². The first-order valence-corrected chi connectivity index (χ1v) is 22.3. The lowest BCUT2D eigenvalue weighted by Gasteiger charge is -2.32. The third-order valence-electron chi connectivity index (χ3n) is 12.7. The summed E-state index contributed by atoms with van der Waals surface area (Å²) in [6, 6.07) is 17.8. The first-order valence-electron chi connectivity index (χ1n) is 22.3. The van der Waals surface area contributed by atoms with Crippen molar-refractivity contribution in [1.29, 1.82) is 0 Å². The highest BCUT2D eigenvalue weighted by Gasteiger charge is 2.45. The summed E-state index contributed by atoms with van der Waals surface area (Å²) >= 11 is 0. The Morgan fingerprint density at radius 2 is 1.44 bits per heavy atom. The van der Waals surface area contributed by atoms with Crippen LogP contribution in [0, 0.1) is 12.3 Å². The van der Waals surface area contributed by atoms with E-state index in [9.17, 15) is 0 Å². The van der Waals surface area contributed by atoms with Gasteiger partial charge in [0.15, 0.2) is 31.2 Å². The van der Waals surface area contributed by atoms with E-state index in [1.165, 1.54) is 56.2 Å². The van der Waals surface area contributed by atoms with Crippen LogP contribution in [0.4, 0.5) is 11.4 Å². The van der Waals surface area contributed by atoms with Crippen LogP contribution >= 0.6 is 0 Å². The Morgan fingerprint density at radius 3 is 2.11 bits per heavy atom. The molecule has 2 aromatic carbocycles. The van der Waals surface area contributed by atoms with Crippen molar-refractivity contribution in [2.75, 3.05) is 66.2 Å². The number of methoxy groups -OCH3 is 4. The summed E-state index contributed by atoms with van der Waals surface area (Å²) < 4.78 is 34.2. The fourth-order valence-electron chi connectivity index (χ4n) is 9.36. The number of ether oxygens (including phenoxy) is 5. The summed E-state index contributed by atoms with van der Waals surface area (Å²) in [5.74, 6) is 1.86. The van der Waals surface area contributed by atoms with Crippen molar-refractivity contribution >= 4 is 17.1 Å². The zero-order valence-electron chi connectivity index (χ0n) is 39.3. The number of aryl methyl sites for hydroxylation is 2. The van der Waals surface area contributed by atoms with Gasteiger partial charge in [-0.2, -0.15) is 4.58 Å². The summed E-state index contributed by atoms with van der Waals surface area (Å²) in [5.41, 5.74) is 12.1. The second-order valence-corrected chi connectivity index (χ2v) is 19.0. The van der Waals surface area contributed by atoms with Gasteiger partial charge in [0.25, 0.3) is 0 Å². The Morgan fingerprint density at radius 1 is 0.754 bits per heavy atom. The lowest BCUT2D eigenvalue weighted by atomic mass is 9.81. The van der Waals surface area contributed by atoms with Crippen molar-refractivity contribution in [3.8, 4) is 5.75 Å². The number of benzene rings is 2. The van der Waals surface area contributed by atoms with Gasteiger partial charge >= 0.3 is 0 Å². The maximum atomic E-state index is 7.46. The number of fused-ring (bicyclic) bond motifs is 2. The standard InChI is InChI=1S/C53H73N3O5/c1-38-16-22-45-43(36-38)52(5,6)47(55(45)29-14-34-58-10)24-19-39-17-18-40(49(39)61-50(51(2,3)4)41-26-31-54(32-27-41)28-13-33-57-9)20-25-48-53(7,8)44-37-42(60-12)21-23-46(44)56(48)30-15-35-59-11/h16,19-27,31-32,36-37,50H,13-15,17-18,28-30,33-35H2,1-12H3/q+2. The molecule has 0 fully saturated rings. The normalized spacial score (nSPS) is 18.9. The van der Waals surface area contributed by atoms with Crippen LogP contribution in [0.1, 0.15) is 109 Å². The Labute approximate surface area is 367 Å². The number of pyridine rings is 1. The Kier molecular flexibility index (Phi) is 14.9. The maximum absolute atomic E-state index is 7.46. The zero-order valence-corrected chi connectivity index (χ0v) is 39.3. The summed E-state index contributed by atoms with van der Waals surface area (Å²) in [7, 11) is 7.07. The van der Waals surface area contributed by atoms with Crippen LogP contribution in [0.2, 0.25) is 0 Å². The molecule has 1 unspecified atom stereocenters. The van der Waals surface area contributed by atoms with Crippen molar-refractivity contribution in [1.82, 2.24) is 0 Å². The van der Waals surface area contributed by atoms with E-state index < -0.39 is 0 Å². The van der Waals surface area contributed by atoms with Crippen LogP contribution in [0.3, 0.4) is 0 Å². The second kappa shape index (κ2) is 19.7. The van der Waals surface area contributed by atoms with Crippen LogP contribution in [-0.2, 0) is 36.3 Å². The van der Waals surface area contributed by atoms with Gasteiger partial charge < -0.3 is 28.6 Å². The van der Waals surface area contributed by atoms with Crippen LogP contribution in [0.5, 0.6) is 5.75 Å². The molecular formula is C53H73N3O5+2. The third kappa shape index (κ3) is 10.1. The molecule has 0 saturated heterocycles. The molecule has 8 nitrogen and oxygen atoms in total. The number of rotatable bonds is 19. The van der Waals surface area contributed by atoms with E-state index in [1.807, 2.05) is 0 Å². The molecule has 0 radical (unpaired) electrons. The van der Waals surface area contributed by atoms with Gasteiger partial charge in [0, 0.05) is 105 Å². The Bertz CT molecular complexity index is 2170. The van der Waals surface area contributed by atoms with Gasteiger partial charge in [-0.15, -0.1) is 0 Å². The average Bonchev–Trinajstić information content (AvgIpc) is 3.78. The van der Waals surface area contributed by atoms with Crippen molar-refractivity contribution in [3.63, 3.8) is 0 Å². The van der Waals surface area contributed by atoms with E-state index in [-0.39, 0.29) is 22.3 Å². The van der Waals surface area contributed by atoms with Crippen molar-refractivity contribution in [2.45, 2.75) is 111 Å². The second-order valence-electron chi connectivity index (χ2n) is 19.0. The molecule has 328 valence electrons. The molecule has 0 spiro atoms. The number of nitrogens with zero attached hydrogens (tertiary/aromatic N) is 3. The molecule has 3 aromatic rings. The number of hydrogen-bond acceptors (Lipinski definition) is 6. The fraction of sp³-hybridized carbons (Fsp3) is 0.509. The molecule has 3 aliphatic rings. The molecule has 3 heterocycles. The summed E-state index contributed by atoms with van der Waals surface area (Å²) in [5, 5.41) is 0. The number of aromatic nitrogens is 1. The van der Waals surface area contributed by atoms with Crippen LogP contribution in [-0.4, -0.2) is 71.6 Å². The van der Waals surface area contributed by atoms with Gasteiger partial charge in [-0.05, 0) is 87.1 Å². The molecule has 1 aromatic heterocycles. The number of hydrogen-bond donors (Lipinski definition) is 0. The first kappa shape index (κ1) is 46.0. The molecule has 0 bridgehead atoms.